The molecule has 1 rings (SSSR count). The summed E-state index contributed by atoms with van der Waals surface area (Å²) in [6, 6.07) is 7.12. The van der Waals surface area contributed by atoms with Gasteiger partial charge in [-0.25, -0.2) is 0 Å². The monoisotopic (exact) mass is 279 g/mol. The molecule has 0 amide bonds. The Morgan fingerprint density at radius 2 is 1.80 bits per heavy atom. The quantitative estimate of drug-likeness (QED) is 0.668. The predicted octanol–water partition coefficient (Wildman–Crippen LogP) is 2.88. The molecule has 1 aromatic rings. The largest absolute Gasteiger partial charge is 0.382 e. The summed E-state index contributed by atoms with van der Waals surface area (Å²) in [5.41, 5.74) is 4.04. The number of aryl methyl sites for hydroxylation is 2. The molecule has 0 spiro atoms. The lowest BCUT2D eigenvalue weighted by atomic mass is 10.0. The molecule has 0 aliphatic rings. The molecule has 1 unspecified atom stereocenters. The van der Waals surface area contributed by atoms with Crippen LogP contribution in [0.25, 0.3) is 0 Å². The van der Waals surface area contributed by atoms with E-state index in [0.717, 1.165) is 26.0 Å². The van der Waals surface area contributed by atoms with Crippen molar-refractivity contribution in [1.29, 1.82) is 0 Å². The topological polar surface area (TPSA) is 30.5 Å². The van der Waals surface area contributed by atoms with Crippen LogP contribution in [0.5, 0.6) is 0 Å². The van der Waals surface area contributed by atoms with Gasteiger partial charge in [0.15, 0.2) is 0 Å². The maximum absolute atomic E-state index is 5.68. The molecule has 0 aliphatic carbocycles. The normalized spacial score (nSPS) is 12.6. The van der Waals surface area contributed by atoms with Gasteiger partial charge in [0.1, 0.15) is 0 Å². The highest BCUT2D eigenvalue weighted by atomic mass is 16.5. The molecule has 1 N–H and O–H groups in total. The predicted molar refractivity (Wildman–Crippen MR) is 84.4 cm³/mol. The molecule has 0 bridgehead atoms. The first kappa shape index (κ1) is 17.2. The Morgan fingerprint density at radius 1 is 1.10 bits per heavy atom. The van der Waals surface area contributed by atoms with Gasteiger partial charge in [0, 0.05) is 13.2 Å². The summed E-state index contributed by atoms with van der Waals surface area (Å²) in [6.45, 7) is 9.57. The summed E-state index contributed by atoms with van der Waals surface area (Å²) < 4.78 is 10.7. The summed E-state index contributed by atoms with van der Waals surface area (Å²) in [6.07, 6.45) is 2.15. The molecule has 20 heavy (non-hydrogen) atoms. The van der Waals surface area contributed by atoms with E-state index in [4.69, 9.17) is 9.47 Å². The zero-order valence-corrected chi connectivity index (χ0v) is 13.4. The van der Waals surface area contributed by atoms with E-state index in [1.807, 2.05) is 0 Å². The summed E-state index contributed by atoms with van der Waals surface area (Å²) >= 11 is 0. The lowest BCUT2D eigenvalue weighted by molar-refractivity contribution is 0.0587. The first-order valence-corrected chi connectivity index (χ1v) is 7.53. The highest BCUT2D eigenvalue weighted by Crippen LogP contribution is 2.11. The number of hydrogen-bond acceptors (Lipinski definition) is 3. The second kappa shape index (κ2) is 9.92. The Balaban J connectivity index is 2.53. The molecule has 0 radical (unpaired) electrons. The smallest absolute Gasteiger partial charge is 0.0701 e. The number of nitrogens with one attached hydrogen (secondary N) is 1. The molecule has 0 heterocycles. The van der Waals surface area contributed by atoms with E-state index < -0.39 is 0 Å². The third-order valence-corrected chi connectivity index (χ3v) is 3.20. The van der Waals surface area contributed by atoms with Crippen LogP contribution in [0.3, 0.4) is 0 Å². The van der Waals surface area contributed by atoms with Gasteiger partial charge >= 0.3 is 0 Å². The molecule has 0 fully saturated rings. The van der Waals surface area contributed by atoms with E-state index in [-0.39, 0.29) is 0 Å². The highest BCUT2D eigenvalue weighted by Gasteiger charge is 2.09. The Bertz CT molecular complexity index is 359. The molecular weight excluding hydrogens is 250 g/mol. The van der Waals surface area contributed by atoms with Gasteiger partial charge in [-0.15, -0.1) is 0 Å². The van der Waals surface area contributed by atoms with Crippen molar-refractivity contribution in [2.24, 2.45) is 0 Å². The third-order valence-electron chi connectivity index (χ3n) is 3.20. The number of ether oxygens (including phenoxy) is 2. The van der Waals surface area contributed by atoms with Crippen LogP contribution in [0, 0.1) is 13.8 Å². The van der Waals surface area contributed by atoms with E-state index in [0.29, 0.717) is 19.3 Å². The highest BCUT2D eigenvalue weighted by molar-refractivity contribution is 5.29. The minimum absolute atomic E-state index is 0.369. The maximum atomic E-state index is 5.68. The van der Waals surface area contributed by atoms with Crippen molar-refractivity contribution in [2.45, 2.75) is 39.7 Å². The standard InChI is InChI=1S/C17H29NO2/c1-5-6-18-17(13-20-8-7-19-4)12-16-10-14(2)9-15(3)11-16/h9-11,17-18H,5-8,12-13H2,1-4H3. The van der Waals surface area contributed by atoms with Crippen LogP contribution in [-0.4, -0.2) is 39.5 Å². The Kier molecular flexibility index (Phi) is 8.51. The van der Waals surface area contributed by atoms with Crippen molar-refractivity contribution in [2.75, 3.05) is 33.5 Å². The summed E-state index contributed by atoms with van der Waals surface area (Å²) in [5, 5.41) is 3.57. The molecule has 0 aliphatic heterocycles. The fraction of sp³-hybridized carbons (Fsp3) is 0.647. The van der Waals surface area contributed by atoms with Crippen molar-refractivity contribution in [1.82, 2.24) is 5.32 Å². The van der Waals surface area contributed by atoms with E-state index >= 15 is 0 Å². The minimum Gasteiger partial charge on any atom is -0.382 e. The number of methoxy groups -OCH3 is 1. The van der Waals surface area contributed by atoms with Crippen molar-refractivity contribution in [3.8, 4) is 0 Å². The average Bonchev–Trinajstić information content (AvgIpc) is 2.39. The van der Waals surface area contributed by atoms with Crippen LogP contribution in [0.15, 0.2) is 18.2 Å². The lowest BCUT2D eigenvalue weighted by Crippen LogP contribution is -2.36. The SMILES string of the molecule is CCCNC(COCCOC)Cc1cc(C)cc(C)c1. The average molecular weight is 279 g/mol. The fourth-order valence-electron chi connectivity index (χ4n) is 2.38. The van der Waals surface area contributed by atoms with Gasteiger partial charge in [0.2, 0.25) is 0 Å². The molecule has 3 nitrogen and oxygen atoms in total. The lowest BCUT2D eigenvalue weighted by Gasteiger charge is -2.19. The molecule has 0 saturated heterocycles. The van der Waals surface area contributed by atoms with E-state index in [1.165, 1.54) is 16.7 Å². The van der Waals surface area contributed by atoms with E-state index in [2.05, 4.69) is 44.3 Å². The Labute approximate surface area is 123 Å². The second-order valence-electron chi connectivity index (χ2n) is 5.42. The van der Waals surface area contributed by atoms with Crippen molar-refractivity contribution >= 4 is 0 Å². The van der Waals surface area contributed by atoms with Crippen molar-refractivity contribution in [3.05, 3.63) is 34.9 Å². The summed E-state index contributed by atoms with van der Waals surface area (Å²) in [4.78, 5) is 0. The first-order chi connectivity index (χ1) is 9.65. The van der Waals surface area contributed by atoms with Crippen molar-refractivity contribution < 1.29 is 9.47 Å². The maximum Gasteiger partial charge on any atom is 0.0701 e. The third kappa shape index (κ3) is 7.04. The molecular formula is C17H29NO2. The fourth-order valence-corrected chi connectivity index (χ4v) is 2.38. The van der Waals surface area contributed by atoms with Crippen LogP contribution in [0.2, 0.25) is 0 Å². The van der Waals surface area contributed by atoms with Gasteiger partial charge < -0.3 is 14.8 Å². The second-order valence-corrected chi connectivity index (χ2v) is 5.42. The number of hydrogen-bond donors (Lipinski definition) is 1. The van der Waals surface area contributed by atoms with E-state index in [1.54, 1.807) is 7.11 Å². The minimum atomic E-state index is 0.369. The summed E-state index contributed by atoms with van der Waals surface area (Å²) in [7, 11) is 1.70. The van der Waals surface area contributed by atoms with Crippen LogP contribution >= 0.6 is 0 Å². The number of benzene rings is 1. The van der Waals surface area contributed by atoms with Crippen LogP contribution in [0.4, 0.5) is 0 Å². The van der Waals surface area contributed by atoms with E-state index in [9.17, 15) is 0 Å². The molecule has 0 aromatic heterocycles. The van der Waals surface area contributed by atoms with Gasteiger partial charge in [-0.1, -0.05) is 36.2 Å². The first-order valence-electron chi connectivity index (χ1n) is 7.53. The van der Waals surface area contributed by atoms with Gasteiger partial charge in [0.25, 0.3) is 0 Å². The van der Waals surface area contributed by atoms with Gasteiger partial charge in [-0.05, 0) is 38.8 Å². The van der Waals surface area contributed by atoms with Crippen molar-refractivity contribution in [3.63, 3.8) is 0 Å². The van der Waals surface area contributed by atoms with Crippen LogP contribution < -0.4 is 5.32 Å². The molecule has 0 saturated carbocycles. The Hall–Kier alpha value is -0.900. The van der Waals surface area contributed by atoms with Crippen LogP contribution in [0.1, 0.15) is 30.0 Å². The van der Waals surface area contributed by atoms with Crippen LogP contribution in [-0.2, 0) is 15.9 Å². The van der Waals surface area contributed by atoms with Gasteiger partial charge in [-0.3, -0.25) is 0 Å². The number of rotatable bonds is 10. The Morgan fingerprint density at radius 3 is 2.40 bits per heavy atom. The molecule has 1 aromatic carbocycles. The summed E-state index contributed by atoms with van der Waals surface area (Å²) in [5.74, 6) is 0. The molecule has 114 valence electrons. The zero-order chi connectivity index (χ0) is 14.8. The molecule has 3 heteroatoms. The zero-order valence-electron chi connectivity index (χ0n) is 13.4. The molecule has 1 atom stereocenters. The van der Waals surface area contributed by atoms with Gasteiger partial charge in [0.05, 0.1) is 19.8 Å². The van der Waals surface area contributed by atoms with Gasteiger partial charge in [-0.2, -0.15) is 0 Å².